The molecule has 0 unspecified atom stereocenters. The Morgan fingerprint density at radius 2 is 1.69 bits per heavy atom. The number of ether oxygens (including phenoxy) is 2. The predicted molar refractivity (Wildman–Crippen MR) is 130 cm³/mol. The zero-order valence-corrected chi connectivity index (χ0v) is 20.3. The molecule has 2 aromatic carbocycles. The average Bonchev–Trinajstić information content (AvgIpc) is 3.18. The fourth-order valence-corrected chi connectivity index (χ4v) is 5.19. The van der Waals surface area contributed by atoms with Crippen LogP contribution in [0.4, 0.5) is 4.79 Å². The van der Waals surface area contributed by atoms with Gasteiger partial charge in [0.25, 0.3) is 0 Å². The van der Waals surface area contributed by atoms with Gasteiger partial charge in [-0.25, -0.2) is 4.79 Å². The molecule has 1 aliphatic heterocycles. The maximum atomic E-state index is 13.3. The third kappa shape index (κ3) is 5.03. The second-order valence-corrected chi connectivity index (χ2v) is 9.33. The summed E-state index contributed by atoms with van der Waals surface area (Å²) in [4.78, 5) is 39.1. The van der Waals surface area contributed by atoms with Crippen molar-refractivity contribution in [1.29, 1.82) is 0 Å². The smallest absolute Gasteiger partial charge is 0.407 e. The van der Waals surface area contributed by atoms with Crippen LogP contribution in [0.1, 0.15) is 43.7 Å². The number of carboxylic acid groups (broad SMARTS) is 1. The largest absolute Gasteiger partial charge is 0.481 e. The number of hydrogen-bond acceptors (Lipinski definition) is 5. The molecule has 2 aromatic rings. The Hall–Kier alpha value is -3.39. The fourth-order valence-electron chi connectivity index (χ4n) is 5.19. The lowest BCUT2D eigenvalue weighted by molar-refractivity contribution is -0.149. The molecule has 8 nitrogen and oxygen atoms in total. The first-order chi connectivity index (χ1) is 16.8. The van der Waals surface area contributed by atoms with Crippen molar-refractivity contribution in [3.05, 3.63) is 59.7 Å². The molecule has 0 bridgehead atoms. The minimum Gasteiger partial charge on any atom is -0.481 e. The first-order valence-electron chi connectivity index (χ1n) is 12.0. The fraction of sp³-hybridized carbons (Fsp3) is 0.444. The summed E-state index contributed by atoms with van der Waals surface area (Å²) >= 11 is 0. The lowest BCUT2D eigenvalue weighted by Crippen LogP contribution is -2.58. The van der Waals surface area contributed by atoms with Crippen LogP contribution < -0.4 is 5.32 Å². The van der Waals surface area contributed by atoms with Gasteiger partial charge in [0, 0.05) is 25.6 Å². The van der Waals surface area contributed by atoms with E-state index >= 15 is 0 Å². The van der Waals surface area contributed by atoms with Gasteiger partial charge in [-0.3, -0.25) is 9.59 Å². The maximum absolute atomic E-state index is 13.3. The van der Waals surface area contributed by atoms with E-state index in [2.05, 4.69) is 17.4 Å². The second-order valence-electron chi connectivity index (χ2n) is 9.33. The van der Waals surface area contributed by atoms with Crippen LogP contribution in [0.2, 0.25) is 0 Å². The van der Waals surface area contributed by atoms with Crippen molar-refractivity contribution in [2.24, 2.45) is 5.92 Å². The van der Waals surface area contributed by atoms with Gasteiger partial charge >= 0.3 is 12.1 Å². The number of piperidine rings is 1. The SMILES string of the molecule is CO[C@H](C)[C@H](NC(=O)OCC1c2ccccc2-c2ccccc21)C(=O)N1CC[C@H](C(=O)O)C[C@@H]1C. The van der Waals surface area contributed by atoms with Gasteiger partial charge in [-0.05, 0) is 48.9 Å². The summed E-state index contributed by atoms with van der Waals surface area (Å²) in [6, 6.07) is 15.0. The van der Waals surface area contributed by atoms with E-state index in [1.165, 1.54) is 7.11 Å². The van der Waals surface area contributed by atoms with E-state index in [0.717, 1.165) is 22.3 Å². The molecule has 0 radical (unpaired) electrons. The Balaban J connectivity index is 1.43. The highest BCUT2D eigenvalue weighted by molar-refractivity contribution is 5.87. The first-order valence-corrected chi connectivity index (χ1v) is 12.0. The number of likely N-dealkylation sites (tertiary alicyclic amines) is 1. The van der Waals surface area contributed by atoms with Crippen molar-refractivity contribution in [3.63, 3.8) is 0 Å². The normalized spacial score (nSPS) is 20.9. The monoisotopic (exact) mass is 480 g/mol. The number of fused-ring (bicyclic) bond motifs is 3. The summed E-state index contributed by atoms with van der Waals surface area (Å²) in [5.41, 5.74) is 4.48. The van der Waals surface area contributed by atoms with Crippen molar-refractivity contribution in [3.8, 4) is 11.1 Å². The van der Waals surface area contributed by atoms with Crippen molar-refractivity contribution in [1.82, 2.24) is 10.2 Å². The van der Waals surface area contributed by atoms with E-state index in [9.17, 15) is 19.5 Å². The molecule has 1 aliphatic carbocycles. The van der Waals surface area contributed by atoms with Crippen molar-refractivity contribution in [2.75, 3.05) is 20.3 Å². The van der Waals surface area contributed by atoms with Gasteiger partial charge in [0.15, 0.2) is 0 Å². The summed E-state index contributed by atoms with van der Waals surface area (Å²) in [5, 5.41) is 12.0. The highest BCUT2D eigenvalue weighted by Gasteiger charge is 2.38. The Kier molecular flexibility index (Phi) is 7.40. The highest BCUT2D eigenvalue weighted by Crippen LogP contribution is 2.44. The third-order valence-electron chi connectivity index (χ3n) is 7.23. The van der Waals surface area contributed by atoms with Crippen LogP contribution in [0.15, 0.2) is 48.5 Å². The van der Waals surface area contributed by atoms with Crippen molar-refractivity contribution < 1.29 is 29.0 Å². The molecule has 1 heterocycles. The molecule has 35 heavy (non-hydrogen) atoms. The van der Waals surface area contributed by atoms with E-state index in [1.807, 2.05) is 43.3 Å². The number of benzene rings is 2. The number of hydrogen-bond donors (Lipinski definition) is 2. The predicted octanol–water partition coefficient (Wildman–Crippen LogP) is 3.64. The summed E-state index contributed by atoms with van der Waals surface area (Å²) in [7, 11) is 1.48. The van der Waals surface area contributed by atoms with Crippen LogP contribution in [0, 0.1) is 5.92 Å². The second kappa shape index (κ2) is 10.5. The van der Waals surface area contributed by atoms with Gasteiger partial charge in [0.1, 0.15) is 12.6 Å². The van der Waals surface area contributed by atoms with Gasteiger partial charge < -0.3 is 24.8 Å². The van der Waals surface area contributed by atoms with Gasteiger partial charge in [-0.15, -0.1) is 0 Å². The van der Waals surface area contributed by atoms with Crippen LogP contribution in [0.25, 0.3) is 11.1 Å². The molecule has 4 rings (SSSR count). The van der Waals surface area contributed by atoms with E-state index in [-0.39, 0.29) is 24.5 Å². The first kappa shape index (κ1) is 24.7. The molecule has 1 saturated heterocycles. The molecule has 2 N–H and O–H groups in total. The number of nitrogens with one attached hydrogen (secondary N) is 1. The van der Waals surface area contributed by atoms with Crippen molar-refractivity contribution >= 4 is 18.0 Å². The van der Waals surface area contributed by atoms with Crippen LogP contribution in [-0.2, 0) is 19.1 Å². The minimum atomic E-state index is -0.945. The zero-order chi connectivity index (χ0) is 25.1. The minimum absolute atomic E-state index is 0.0859. The Morgan fingerprint density at radius 1 is 1.09 bits per heavy atom. The Labute approximate surface area is 205 Å². The van der Waals surface area contributed by atoms with Crippen LogP contribution in [-0.4, -0.2) is 66.4 Å². The standard InChI is InChI=1S/C27H32N2O6/c1-16-14-18(26(31)32)12-13-29(16)25(30)24(17(2)34-3)28-27(33)35-15-23-21-10-6-4-8-19(21)20-9-5-7-11-22(20)23/h4-11,16-18,23-24H,12-15H2,1-3H3,(H,28,33)(H,31,32)/t16-,17+,18-,24-/m0/s1. The number of rotatable bonds is 7. The van der Waals surface area contributed by atoms with E-state index in [1.54, 1.807) is 11.8 Å². The quantitative estimate of drug-likeness (QED) is 0.627. The molecule has 186 valence electrons. The molecular weight excluding hydrogens is 448 g/mol. The topological polar surface area (TPSA) is 105 Å². The molecule has 2 amide bonds. The molecule has 0 saturated carbocycles. The van der Waals surface area contributed by atoms with Crippen LogP contribution >= 0.6 is 0 Å². The number of aliphatic carboxylic acids is 1. The number of carbonyl (C=O) groups excluding carboxylic acids is 2. The number of alkyl carbamates (subject to hydrolysis) is 1. The maximum Gasteiger partial charge on any atom is 0.407 e. The summed E-state index contributed by atoms with van der Waals surface area (Å²) in [6.45, 7) is 3.99. The molecule has 2 aliphatic rings. The highest BCUT2D eigenvalue weighted by atomic mass is 16.5. The summed E-state index contributed by atoms with van der Waals surface area (Å²) in [6.07, 6.45) is -0.528. The number of methoxy groups -OCH3 is 1. The zero-order valence-electron chi connectivity index (χ0n) is 20.3. The molecule has 8 heteroatoms. The molecular formula is C27H32N2O6. The van der Waals surface area contributed by atoms with Crippen LogP contribution in [0.3, 0.4) is 0 Å². The number of amides is 2. The van der Waals surface area contributed by atoms with Gasteiger partial charge in [0.05, 0.1) is 12.0 Å². The van der Waals surface area contributed by atoms with Gasteiger partial charge in [0.2, 0.25) is 5.91 Å². The number of carboxylic acids is 1. The average molecular weight is 481 g/mol. The Morgan fingerprint density at radius 3 is 2.23 bits per heavy atom. The van der Waals surface area contributed by atoms with E-state index in [4.69, 9.17) is 9.47 Å². The lowest BCUT2D eigenvalue weighted by atomic mass is 9.91. The summed E-state index contributed by atoms with van der Waals surface area (Å²) < 4.78 is 11.0. The van der Waals surface area contributed by atoms with Crippen molar-refractivity contribution in [2.45, 2.75) is 50.8 Å². The molecule has 0 aromatic heterocycles. The number of carbonyl (C=O) groups is 3. The number of nitrogens with zero attached hydrogens (tertiary/aromatic N) is 1. The Bertz CT molecular complexity index is 1060. The van der Waals surface area contributed by atoms with Gasteiger partial charge in [-0.2, -0.15) is 0 Å². The molecule has 1 fully saturated rings. The van der Waals surface area contributed by atoms with Gasteiger partial charge in [-0.1, -0.05) is 48.5 Å². The third-order valence-corrected chi connectivity index (χ3v) is 7.23. The van der Waals surface area contributed by atoms with E-state index in [0.29, 0.717) is 19.4 Å². The molecule has 4 atom stereocenters. The summed E-state index contributed by atoms with van der Waals surface area (Å²) in [5.74, 6) is -1.70. The molecule has 0 spiro atoms. The lowest BCUT2D eigenvalue weighted by Gasteiger charge is -2.39. The van der Waals surface area contributed by atoms with E-state index < -0.39 is 30.1 Å². The van der Waals surface area contributed by atoms with Crippen LogP contribution in [0.5, 0.6) is 0 Å².